The number of hydrogen-bond donors (Lipinski definition) is 10. The molecule has 0 unspecified atom stereocenters. The molecule has 2 aromatic carbocycles. The third-order valence-corrected chi connectivity index (χ3v) is 9.27. The number of carboxylic acids is 3. The smallest absolute Gasteiger partial charge is 0.451 e. The lowest BCUT2D eigenvalue weighted by Gasteiger charge is -2.34. The van der Waals surface area contributed by atoms with Gasteiger partial charge in [0.1, 0.15) is 24.2 Å². The third-order valence-electron chi connectivity index (χ3n) is 9.27. The minimum absolute atomic E-state index is 0.0130. The zero-order valence-electron chi connectivity index (χ0n) is 34.7. The number of hydrogen-bond acceptors (Lipinski definition) is 12. The lowest BCUT2D eigenvalue weighted by Crippen LogP contribution is -2.59. The highest BCUT2D eigenvalue weighted by Gasteiger charge is 2.41. The highest BCUT2D eigenvalue weighted by molar-refractivity contribution is 6.40. The summed E-state index contributed by atoms with van der Waals surface area (Å²) in [5.74, 6) is -10.8. The maximum atomic E-state index is 15.1. The number of carbonyl (C=O) groups excluding carboxylic acids is 6. The van der Waals surface area contributed by atoms with Gasteiger partial charge < -0.3 is 52.4 Å². The molecule has 0 aliphatic carbocycles. The van der Waals surface area contributed by atoms with Gasteiger partial charge in [-0.3, -0.25) is 48.1 Å². The van der Waals surface area contributed by atoms with Crippen LogP contribution < -0.4 is 27.0 Å². The van der Waals surface area contributed by atoms with Gasteiger partial charge in [0.25, 0.3) is 5.91 Å². The molecule has 336 valence electrons. The van der Waals surface area contributed by atoms with Crippen molar-refractivity contribution < 1.29 is 68.5 Å². The Bertz CT molecular complexity index is 1930. The summed E-state index contributed by atoms with van der Waals surface area (Å²) in [6, 6.07) is 5.81. The molecule has 0 radical (unpaired) electrons. The number of nitrogens with zero attached hydrogens (tertiary/aromatic N) is 1. The molecule has 0 aliphatic heterocycles. The Balaban J connectivity index is 2.77. The quantitative estimate of drug-likeness (QED) is 0.0563. The molecule has 0 spiro atoms. The number of benzene rings is 2. The number of carbonyl (C=O) groups is 9. The van der Waals surface area contributed by atoms with E-state index in [0.29, 0.717) is 16.0 Å². The van der Waals surface area contributed by atoms with Crippen molar-refractivity contribution in [2.24, 2.45) is 11.7 Å². The second-order valence-corrected chi connectivity index (χ2v) is 14.9. The third kappa shape index (κ3) is 18.0. The van der Waals surface area contributed by atoms with E-state index >= 15 is 4.79 Å². The summed E-state index contributed by atoms with van der Waals surface area (Å²) in [6.07, 6.45) is -1.03. The Kier molecular flexibility index (Phi) is 21.7. The highest BCUT2D eigenvalue weighted by atomic mass is 16.4. The predicted octanol–water partition coefficient (Wildman–Crippen LogP) is 0.159. The molecule has 5 atom stereocenters. The molecule has 2 aromatic rings. The fourth-order valence-electron chi connectivity index (χ4n) is 6.10. The SMILES string of the molecule is Cc1ccccc1C[C@H](NC(=O)[C@H](CCC(=O)O)NC(=O)[C@@H](N)CC(=O)O)C(=O)N(C(=O)CCC(=O)O)[C@H](C(=O)N[C@@H](CC(C)C)C(=O)NC=CCCB(O)O)c1ccccc1. The topological polar surface area (TPSA) is 332 Å². The average Bonchev–Trinajstić information content (AvgIpc) is 3.19. The second kappa shape index (κ2) is 26.0. The first-order valence-electron chi connectivity index (χ1n) is 19.8. The minimum atomic E-state index is -1.87. The number of amides is 6. The summed E-state index contributed by atoms with van der Waals surface area (Å²) < 4.78 is 0. The van der Waals surface area contributed by atoms with Gasteiger partial charge in [0.2, 0.25) is 29.5 Å². The second-order valence-electron chi connectivity index (χ2n) is 14.9. The van der Waals surface area contributed by atoms with E-state index in [9.17, 15) is 48.6 Å². The van der Waals surface area contributed by atoms with E-state index in [1.54, 1.807) is 51.1 Å². The number of aryl methyl sites for hydroxylation is 1. The van der Waals surface area contributed by atoms with E-state index in [0.717, 1.165) is 0 Å². The van der Waals surface area contributed by atoms with Crippen LogP contribution in [0.15, 0.2) is 66.9 Å². The van der Waals surface area contributed by atoms with Crippen molar-refractivity contribution in [3.63, 3.8) is 0 Å². The summed E-state index contributed by atoms with van der Waals surface area (Å²) in [5, 5.41) is 56.1. The number of nitrogens with two attached hydrogens (primary N) is 1. The zero-order chi connectivity index (χ0) is 46.5. The van der Waals surface area contributed by atoms with Crippen LogP contribution in [0.2, 0.25) is 6.32 Å². The van der Waals surface area contributed by atoms with Crippen LogP contribution in [-0.2, 0) is 49.6 Å². The first-order chi connectivity index (χ1) is 29.2. The largest absolute Gasteiger partial charge is 0.481 e. The Morgan fingerprint density at radius 1 is 0.726 bits per heavy atom. The van der Waals surface area contributed by atoms with Gasteiger partial charge in [0, 0.05) is 19.3 Å². The molecule has 11 N–H and O–H groups in total. The Morgan fingerprint density at radius 3 is 1.90 bits per heavy atom. The number of rotatable bonds is 26. The van der Waals surface area contributed by atoms with Crippen molar-refractivity contribution in [3.8, 4) is 0 Å². The molecule has 0 fully saturated rings. The molecule has 0 saturated carbocycles. The molecule has 2 rings (SSSR count). The van der Waals surface area contributed by atoms with Gasteiger partial charge in [0.05, 0.1) is 18.9 Å². The zero-order valence-corrected chi connectivity index (χ0v) is 34.7. The highest BCUT2D eigenvalue weighted by Crippen LogP contribution is 2.26. The molecule has 6 amide bonds. The van der Waals surface area contributed by atoms with Crippen molar-refractivity contribution in [2.45, 2.75) is 109 Å². The maximum absolute atomic E-state index is 15.1. The Morgan fingerprint density at radius 2 is 1.32 bits per heavy atom. The normalized spacial score (nSPS) is 13.5. The minimum Gasteiger partial charge on any atom is -0.481 e. The molecular formula is C41H55BN6O14. The number of aliphatic carboxylic acids is 3. The monoisotopic (exact) mass is 866 g/mol. The van der Waals surface area contributed by atoms with Crippen LogP contribution in [-0.4, -0.2) is 115 Å². The van der Waals surface area contributed by atoms with E-state index in [4.69, 9.17) is 20.9 Å². The lowest BCUT2D eigenvalue weighted by atomic mass is 9.85. The Labute approximate surface area is 358 Å². The van der Waals surface area contributed by atoms with Crippen LogP contribution in [0.4, 0.5) is 0 Å². The fraction of sp³-hybridized carbons (Fsp3) is 0.439. The van der Waals surface area contributed by atoms with Gasteiger partial charge in [-0.1, -0.05) is 74.5 Å². The average molecular weight is 867 g/mol. The van der Waals surface area contributed by atoms with Crippen LogP contribution in [0, 0.1) is 12.8 Å². The van der Waals surface area contributed by atoms with Gasteiger partial charge in [0.15, 0.2) is 0 Å². The van der Waals surface area contributed by atoms with E-state index < -0.39 is 123 Å². The van der Waals surface area contributed by atoms with E-state index in [1.165, 1.54) is 36.5 Å². The predicted molar refractivity (Wildman–Crippen MR) is 222 cm³/mol. The van der Waals surface area contributed by atoms with Gasteiger partial charge in [-0.25, -0.2) is 0 Å². The molecule has 62 heavy (non-hydrogen) atoms. The molecule has 0 aliphatic rings. The molecule has 20 nitrogen and oxygen atoms in total. The first kappa shape index (κ1) is 51.7. The standard InChI is InChI=1S/C41H55BN6O14/c1-24(2)21-30(38(57)44-20-10-9-19-42(61)62)46-40(59)36(26-12-5-4-6-13-26)48(32(49)16-18-34(52)53)41(60)31(22-27-14-8-7-11-25(27)3)47-39(58)29(15-17-33(50)51)45-37(56)28(43)23-35(54)55/h4-8,10-14,20,24,28-31,36,61-62H,9,15-19,21-23,43H2,1-3H3,(H,44,57)(H,45,56)(H,46,59)(H,47,58)(H,50,51)(H,52,53)(H,54,55)/t28-,29-,30-,31-,36-/m0/s1. The van der Waals surface area contributed by atoms with Crippen molar-refractivity contribution in [3.05, 3.63) is 83.6 Å². The summed E-state index contributed by atoms with van der Waals surface area (Å²) in [4.78, 5) is 119. The van der Waals surface area contributed by atoms with Crippen molar-refractivity contribution in [1.29, 1.82) is 0 Å². The maximum Gasteiger partial charge on any atom is 0.451 e. The molecule has 21 heteroatoms. The number of allylic oxidation sites excluding steroid dienone is 1. The summed E-state index contributed by atoms with van der Waals surface area (Å²) >= 11 is 0. The van der Waals surface area contributed by atoms with Gasteiger partial charge in [-0.15, -0.1) is 0 Å². The molecule has 0 bridgehead atoms. The lowest BCUT2D eigenvalue weighted by molar-refractivity contribution is -0.155. The number of carboxylic acid groups (broad SMARTS) is 3. The summed E-state index contributed by atoms with van der Waals surface area (Å²) in [7, 11) is -1.57. The molecular weight excluding hydrogens is 811 g/mol. The van der Waals surface area contributed by atoms with Crippen LogP contribution in [0.5, 0.6) is 0 Å². The van der Waals surface area contributed by atoms with Gasteiger partial charge in [-0.2, -0.15) is 0 Å². The fourth-order valence-corrected chi connectivity index (χ4v) is 6.10. The van der Waals surface area contributed by atoms with Crippen LogP contribution in [0.1, 0.15) is 81.5 Å². The van der Waals surface area contributed by atoms with E-state index in [1.807, 2.05) is 0 Å². The number of nitrogens with one attached hydrogen (secondary N) is 4. The number of imide groups is 1. The van der Waals surface area contributed by atoms with Crippen LogP contribution in [0.25, 0.3) is 0 Å². The van der Waals surface area contributed by atoms with Gasteiger partial charge >= 0.3 is 25.0 Å². The van der Waals surface area contributed by atoms with Crippen molar-refractivity contribution in [1.82, 2.24) is 26.2 Å². The molecule has 0 aromatic heterocycles. The summed E-state index contributed by atoms with van der Waals surface area (Å²) in [5.41, 5.74) is 6.83. The molecule has 0 heterocycles. The van der Waals surface area contributed by atoms with Crippen molar-refractivity contribution in [2.75, 3.05) is 0 Å². The summed E-state index contributed by atoms with van der Waals surface area (Å²) in [6.45, 7) is 5.24. The van der Waals surface area contributed by atoms with Crippen molar-refractivity contribution >= 4 is 60.5 Å². The van der Waals surface area contributed by atoms with Gasteiger partial charge in [-0.05, 0) is 61.3 Å². The van der Waals surface area contributed by atoms with Crippen LogP contribution >= 0.6 is 0 Å². The van der Waals surface area contributed by atoms with E-state index in [2.05, 4.69) is 21.3 Å². The molecule has 0 saturated heterocycles. The first-order valence-corrected chi connectivity index (χ1v) is 19.8. The van der Waals surface area contributed by atoms with Crippen LogP contribution in [0.3, 0.4) is 0 Å². The van der Waals surface area contributed by atoms with E-state index in [-0.39, 0.29) is 37.1 Å². The Hall–Kier alpha value is -6.45.